The number of nitrogens with zero attached hydrogens (tertiary/aromatic N) is 4. The lowest BCUT2D eigenvalue weighted by atomic mass is 10.2. The van der Waals surface area contributed by atoms with Gasteiger partial charge >= 0.3 is 0 Å². The number of anilines is 1. The van der Waals surface area contributed by atoms with Crippen LogP contribution in [0.2, 0.25) is 0 Å². The molecule has 0 aliphatic carbocycles. The number of hydrogen-bond donors (Lipinski definition) is 1. The van der Waals surface area contributed by atoms with Crippen molar-refractivity contribution in [2.24, 2.45) is 0 Å². The summed E-state index contributed by atoms with van der Waals surface area (Å²) >= 11 is 0. The minimum Gasteiger partial charge on any atom is -0.367 e. The summed E-state index contributed by atoms with van der Waals surface area (Å²) in [5, 5.41) is 19.7. The smallest absolute Gasteiger partial charge is 0.166 e. The molecule has 5 heteroatoms. The topological polar surface area (TPSA) is 64.8 Å². The zero-order valence-electron chi connectivity index (χ0n) is 11.3. The number of nitriles is 1. The molecule has 0 fully saturated rings. The maximum absolute atomic E-state index is 8.89. The second kappa shape index (κ2) is 7.62. The minimum atomic E-state index is 0.546. The van der Waals surface area contributed by atoms with E-state index >= 15 is 0 Å². The van der Waals surface area contributed by atoms with Gasteiger partial charge in [0.05, 0.1) is 11.8 Å². The standard InChI is InChI=1S/C13H21N5/c1-11(2)18(3)9-5-4-7-15-13-12(10-14)6-8-16-17-13/h6,8,11H,4-5,7,9H2,1-3H3,(H,15,17). The second-order valence-corrected chi connectivity index (χ2v) is 4.61. The lowest BCUT2D eigenvalue weighted by molar-refractivity contribution is 0.269. The Bertz CT molecular complexity index is 397. The van der Waals surface area contributed by atoms with Crippen LogP contribution in [0.4, 0.5) is 5.82 Å². The van der Waals surface area contributed by atoms with E-state index in [0.717, 1.165) is 25.9 Å². The van der Waals surface area contributed by atoms with Crippen LogP contribution in [0.15, 0.2) is 12.3 Å². The molecule has 0 unspecified atom stereocenters. The van der Waals surface area contributed by atoms with Gasteiger partial charge in [0.1, 0.15) is 6.07 Å². The van der Waals surface area contributed by atoms with Crippen LogP contribution in [-0.4, -0.2) is 41.3 Å². The summed E-state index contributed by atoms with van der Waals surface area (Å²) in [4.78, 5) is 2.32. The average molecular weight is 247 g/mol. The fourth-order valence-corrected chi connectivity index (χ4v) is 1.50. The van der Waals surface area contributed by atoms with E-state index in [9.17, 15) is 0 Å². The van der Waals surface area contributed by atoms with Crippen LogP contribution in [-0.2, 0) is 0 Å². The Labute approximate surface area is 109 Å². The summed E-state index contributed by atoms with van der Waals surface area (Å²) in [6.45, 7) is 6.29. The molecular formula is C13H21N5. The van der Waals surface area contributed by atoms with E-state index in [4.69, 9.17) is 5.26 Å². The summed E-state index contributed by atoms with van der Waals surface area (Å²) in [6, 6.07) is 4.35. The van der Waals surface area contributed by atoms with E-state index in [1.807, 2.05) is 0 Å². The van der Waals surface area contributed by atoms with Gasteiger partial charge in [0.25, 0.3) is 0 Å². The van der Waals surface area contributed by atoms with Crippen molar-refractivity contribution in [1.29, 1.82) is 5.26 Å². The fourth-order valence-electron chi connectivity index (χ4n) is 1.50. The van der Waals surface area contributed by atoms with E-state index < -0.39 is 0 Å². The van der Waals surface area contributed by atoms with Crippen molar-refractivity contribution in [3.8, 4) is 6.07 Å². The van der Waals surface area contributed by atoms with Crippen molar-refractivity contribution < 1.29 is 0 Å². The third-order valence-electron chi connectivity index (χ3n) is 2.95. The van der Waals surface area contributed by atoms with Crippen molar-refractivity contribution in [2.75, 3.05) is 25.5 Å². The summed E-state index contributed by atoms with van der Waals surface area (Å²) in [6.07, 6.45) is 3.71. The minimum absolute atomic E-state index is 0.546. The normalized spacial score (nSPS) is 10.7. The molecule has 1 N–H and O–H groups in total. The van der Waals surface area contributed by atoms with Gasteiger partial charge in [0.2, 0.25) is 0 Å². The highest BCUT2D eigenvalue weighted by Gasteiger charge is 2.03. The van der Waals surface area contributed by atoms with Crippen LogP contribution < -0.4 is 5.32 Å². The molecule has 0 spiro atoms. The van der Waals surface area contributed by atoms with Crippen LogP contribution in [0.5, 0.6) is 0 Å². The fraction of sp³-hybridized carbons (Fsp3) is 0.615. The van der Waals surface area contributed by atoms with Gasteiger partial charge in [0, 0.05) is 12.6 Å². The van der Waals surface area contributed by atoms with Gasteiger partial charge in [-0.25, -0.2) is 0 Å². The van der Waals surface area contributed by atoms with Crippen LogP contribution in [0.3, 0.4) is 0 Å². The first kappa shape index (κ1) is 14.4. The zero-order valence-corrected chi connectivity index (χ0v) is 11.3. The third-order valence-corrected chi connectivity index (χ3v) is 2.95. The molecule has 1 rings (SSSR count). The Hall–Kier alpha value is -1.67. The molecule has 0 bridgehead atoms. The number of hydrogen-bond acceptors (Lipinski definition) is 5. The first-order chi connectivity index (χ1) is 8.65. The maximum Gasteiger partial charge on any atom is 0.166 e. The van der Waals surface area contributed by atoms with Crippen molar-refractivity contribution in [3.63, 3.8) is 0 Å². The van der Waals surface area contributed by atoms with E-state index in [-0.39, 0.29) is 0 Å². The molecule has 0 amide bonds. The summed E-state index contributed by atoms with van der Waals surface area (Å²) in [5.74, 6) is 0.581. The molecule has 0 saturated heterocycles. The molecule has 1 aromatic heterocycles. The van der Waals surface area contributed by atoms with Gasteiger partial charge < -0.3 is 10.2 Å². The first-order valence-electron chi connectivity index (χ1n) is 6.31. The molecule has 18 heavy (non-hydrogen) atoms. The average Bonchev–Trinajstić information content (AvgIpc) is 2.38. The van der Waals surface area contributed by atoms with Crippen LogP contribution in [0, 0.1) is 11.3 Å². The molecule has 0 aliphatic heterocycles. The van der Waals surface area contributed by atoms with Gasteiger partial charge in [0.15, 0.2) is 5.82 Å². The Morgan fingerprint density at radius 1 is 1.44 bits per heavy atom. The monoisotopic (exact) mass is 247 g/mol. The summed E-state index contributed by atoms with van der Waals surface area (Å²) in [7, 11) is 2.13. The SMILES string of the molecule is CC(C)N(C)CCCCNc1nnccc1C#N. The molecule has 5 nitrogen and oxygen atoms in total. The van der Waals surface area contributed by atoms with Gasteiger partial charge in [-0.3, -0.25) is 0 Å². The van der Waals surface area contributed by atoms with E-state index in [1.54, 1.807) is 6.07 Å². The molecule has 0 aliphatic rings. The highest BCUT2D eigenvalue weighted by Crippen LogP contribution is 2.08. The van der Waals surface area contributed by atoms with Crippen LogP contribution >= 0.6 is 0 Å². The number of aromatic nitrogens is 2. The predicted octanol–water partition coefficient (Wildman–Crippen LogP) is 1.88. The number of unbranched alkanes of at least 4 members (excludes halogenated alkanes) is 1. The maximum atomic E-state index is 8.89. The quantitative estimate of drug-likeness (QED) is 0.745. The summed E-state index contributed by atoms with van der Waals surface area (Å²) in [5.41, 5.74) is 0.546. The molecule has 1 aromatic rings. The van der Waals surface area contributed by atoms with Gasteiger partial charge in [-0.2, -0.15) is 10.4 Å². The number of rotatable bonds is 7. The van der Waals surface area contributed by atoms with Crippen molar-refractivity contribution >= 4 is 5.82 Å². The third kappa shape index (κ3) is 4.68. The molecule has 1 heterocycles. The zero-order chi connectivity index (χ0) is 13.4. The Balaban J connectivity index is 2.24. The molecule has 0 saturated carbocycles. The highest BCUT2D eigenvalue weighted by molar-refractivity contribution is 5.49. The Morgan fingerprint density at radius 2 is 2.22 bits per heavy atom. The van der Waals surface area contributed by atoms with Crippen molar-refractivity contribution in [1.82, 2.24) is 15.1 Å². The van der Waals surface area contributed by atoms with Crippen molar-refractivity contribution in [3.05, 3.63) is 17.8 Å². The van der Waals surface area contributed by atoms with E-state index in [0.29, 0.717) is 17.4 Å². The molecular weight excluding hydrogens is 226 g/mol. The molecule has 0 aromatic carbocycles. The molecule has 0 radical (unpaired) electrons. The Morgan fingerprint density at radius 3 is 2.89 bits per heavy atom. The highest BCUT2D eigenvalue weighted by atomic mass is 15.2. The predicted molar refractivity (Wildman–Crippen MR) is 72.2 cm³/mol. The van der Waals surface area contributed by atoms with Crippen LogP contribution in [0.25, 0.3) is 0 Å². The van der Waals surface area contributed by atoms with Crippen LogP contribution in [0.1, 0.15) is 32.3 Å². The van der Waals surface area contributed by atoms with E-state index in [1.165, 1.54) is 6.20 Å². The molecule has 98 valence electrons. The lowest BCUT2D eigenvalue weighted by Gasteiger charge is -2.20. The van der Waals surface area contributed by atoms with Gasteiger partial charge in [-0.05, 0) is 46.3 Å². The molecule has 0 atom stereocenters. The van der Waals surface area contributed by atoms with E-state index in [2.05, 4.69) is 47.4 Å². The Kier molecular flexibility index (Phi) is 6.09. The number of nitrogens with one attached hydrogen (secondary N) is 1. The second-order valence-electron chi connectivity index (χ2n) is 4.61. The van der Waals surface area contributed by atoms with Crippen molar-refractivity contribution in [2.45, 2.75) is 32.7 Å². The first-order valence-corrected chi connectivity index (χ1v) is 6.31. The summed E-state index contributed by atoms with van der Waals surface area (Å²) < 4.78 is 0. The lowest BCUT2D eigenvalue weighted by Crippen LogP contribution is -2.27. The van der Waals surface area contributed by atoms with Gasteiger partial charge in [-0.15, -0.1) is 5.10 Å². The largest absolute Gasteiger partial charge is 0.367 e. The van der Waals surface area contributed by atoms with Gasteiger partial charge in [-0.1, -0.05) is 0 Å².